The second kappa shape index (κ2) is 12.1. The molecular weight excluding hydrogens is 422 g/mol. The van der Waals surface area contributed by atoms with Crippen LogP contribution in [0, 0.1) is 0 Å². The molecule has 0 aliphatic carbocycles. The summed E-state index contributed by atoms with van der Waals surface area (Å²) in [5, 5.41) is 0. The van der Waals surface area contributed by atoms with Gasteiger partial charge in [0.25, 0.3) is 0 Å². The molecule has 0 heterocycles. The molecule has 2 aromatic rings. The highest BCUT2D eigenvalue weighted by Crippen LogP contribution is 2.35. The van der Waals surface area contributed by atoms with E-state index in [1.165, 1.54) is 26.4 Å². The Kier molecular flexibility index (Phi) is 9.48. The minimum Gasteiger partial charge on any atom is -0.497 e. The van der Waals surface area contributed by atoms with Crippen molar-refractivity contribution in [2.24, 2.45) is 0 Å². The number of rotatable bonds is 12. The largest absolute Gasteiger partial charge is 0.497 e. The molecule has 7 nitrogen and oxygen atoms in total. The van der Waals surface area contributed by atoms with Crippen LogP contribution in [0.5, 0.6) is 23.0 Å². The first-order valence-corrected chi connectivity index (χ1v) is 11.0. The smallest absolute Gasteiger partial charge is 0.367 e. The highest BCUT2D eigenvalue weighted by molar-refractivity contribution is 6.11. The minimum atomic E-state index is -0.413. The highest BCUT2D eigenvalue weighted by Gasteiger charge is 2.28. The molecule has 0 atom stereocenters. The number of hydrogen-bond donors (Lipinski definition) is 0. The van der Waals surface area contributed by atoms with E-state index >= 15 is 0 Å². The topological polar surface area (TPSA) is 71.1 Å². The number of quaternary nitrogens is 1. The van der Waals surface area contributed by atoms with Crippen molar-refractivity contribution >= 4 is 17.8 Å². The van der Waals surface area contributed by atoms with Crippen LogP contribution in [0.25, 0.3) is 6.08 Å². The van der Waals surface area contributed by atoms with Crippen molar-refractivity contribution in [3.8, 4) is 23.0 Å². The lowest BCUT2D eigenvalue weighted by Crippen LogP contribution is -2.51. The molecule has 2 rings (SSSR count). The zero-order valence-corrected chi connectivity index (χ0v) is 20.3. The van der Waals surface area contributed by atoms with E-state index in [1.807, 2.05) is 45.0 Å². The molecule has 33 heavy (non-hydrogen) atoms. The first-order chi connectivity index (χ1) is 15.8. The number of benzene rings is 2. The van der Waals surface area contributed by atoms with Gasteiger partial charge in [-0.05, 0) is 44.5 Å². The van der Waals surface area contributed by atoms with Gasteiger partial charge in [-0.25, -0.2) is 4.79 Å². The summed E-state index contributed by atoms with van der Waals surface area (Å²) in [6.07, 6.45) is 3.11. The van der Waals surface area contributed by atoms with Gasteiger partial charge in [0.05, 0.1) is 41.0 Å². The molecule has 0 saturated carbocycles. The molecule has 0 bridgehead atoms. The zero-order chi connectivity index (χ0) is 24.4. The van der Waals surface area contributed by atoms with Gasteiger partial charge < -0.3 is 23.4 Å². The summed E-state index contributed by atoms with van der Waals surface area (Å²) >= 11 is 0. The molecule has 0 radical (unpaired) electrons. The van der Waals surface area contributed by atoms with Crippen molar-refractivity contribution in [3.05, 3.63) is 53.6 Å². The van der Waals surface area contributed by atoms with Crippen LogP contribution in [0.4, 0.5) is 0 Å². The molecule has 0 N–H and O–H groups in total. The second-order valence-electron chi connectivity index (χ2n) is 7.60. The number of nitrogens with zero attached hydrogens (tertiary/aromatic N) is 1. The molecular formula is C26H34NO6+. The van der Waals surface area contributed by atoms with Crippen LogP contribution in [0.2, 0.25) is 0 Å². The van der Waals surface area contributed by atoms with Gasteiger partial charge in [0.1, 0.15) is 28.6 Å². The Morgan fingerprint density at radius 1 is 0.818 bits per heavy atom. The van der Waals surface area contributed by atoms with Gasteiger partial charge in [0.15, 0.2) is 12.3 Å². The number of carbonyl (C=O) groups excluding carboxylic acids is 2. The maximum absolute atomic E-state index is 13.1. The van der Waals surface area contributed by atoms with Gasteiger partial charge in [-0.15, -0.1) is 0 Å². The molecule has 0 aromatic heterocycles. The quantitative estimate of drug-likeness (QED) is 0.155. The maximum Gasteiger partial charge on any atom is 0.367 e. The third kappa shape index (κ3) is 6.58. The molecule has 0 unspecified atom stereocenters. The number of esters is 1. The molecule has 0 spiro atoms. The van der Waals surface area contributed by atoms with Crippen molar-refractivity contribution in [2.45, 2.75) is 20.8 Å². The average molecular weight is 457 g/mol. The van der Waals surface area contributed by atoms with E-state index in [-0.39, 0.29) is 29.4 Å². The molecule has 0 fully saturated rings. The molecule has 2 aromatic carbocycles. The van der Waals surface area contributed by atoms with Crippen molar-refractivity contribution in [3.63, 3.8) is 0 Å². The number of methoxy groups -OCH3 is 3. The highest BCUT2D eigenvalue weighted by atomic mass is 16.5. The lowest BCUT2D eigenvalue weighted by molar-refractivity contribution is -0.916. The van der Waals surface area contributed by atoms with Crippen LogP contribution in [-0.2, 0) is 4.79 Å². The normalized spacial score (nSPS) is 11.3. The Balaban J connectivity index is 2.38. The van der Waals surface area contributed by atoms with E-state index in [9.17, 15) is 9.59 Å². The number of ketones is 1. The van der Waals surface area contributed by atoms with Crippen molar-refractivity contribution in [1.82, 2.24) is 0 Å². The van der Waals surface area contributed by atoms with E-state index in [0.717, 1.165) is 30.9 Å². The van der Waals surface area contributed by atoms with Gasteiger partial charge >= 0.3 is 5.97 Å². The van der Waals surface area contributed by atoms with Crippen molar-refractivity contribution < 1.29 is 33.0 Å². The van der Waals surface area contributed by atoms with Crippen LogP contribution in [-0.4, -0.2) is 63.7 Å². The average Bonchev–Trinajstić information content (AvgIpc) is 2.85. The summed E-state index contributed by atoms with van der Waals surface area (Å²) in [7, 11) is 4.55. The lowest BCUT2D eigenvalue weighted by Gasteiger charge is -2.34. The van der Waals surface area contributed by atoms with Gasteiger partial charge in [0, 0.05) is 12.1 Å². The van der Waals surface area contributed by atoms with Gasteiger partial charge in [-0.1, -0.05) is 18.2 Å². The van der Waals surface area contributed by atoms with E-state index in [0.29, 0.717) is 10.2 Å². The van der Waals surface area contributed by atoms with Crippen LogP contribution in [0.3, 0.4) is 0 Å². The molecule has 0 aliphatic heterocycles. The molecule has 0 saturated heterocycles. The number of hydrogen-bond acceptors (Lipinski definition) is 6. The fourth-order valence-corrected chi connectivity index (χ4v) is 3.57. The molecule has 0 aliphatic rings. The first kappa shape index (κ1) is 25.9. The summed E-state index contributed by atoms with van der Waals surface area (Å²) in [6, 6.07) is 10.4. The number of likely N-dealkylation sites (N-methyl/N-ethyl adjacent to an activating group) is 1. The zero-order valence-electron chi connectivity index (χ0n) is 20.3. The summed E-state index contributed by atoms with van der Waals surface area (Å²) in [5.74, 6) is 0.767. The summed E-state index contributed by atoms with van der Waals surface area (Å²) in [4.78, 5) is 26.0. The Morgan fingerprint density at radius 2 is 1.39 bits per heavy atom. The standard InChI is InChI=1S/C26H34NO6/c1-7-27(8-2,9-3)18-25(29)33-24-17-21(31-5)16-23(32-6)26(24)22(28)15-12-19-10-13-20(30-4)14-11-19/h10-17H,7-9,18H2,1-6H3/q+1/b15-12+. The summed E-state index contributed by atoms with van der Waals surface area (Å²) < 4.78 is 22.2. The molecule has 7 heteroatoms. The maximum atomic E-state index is 13.1. The predicted octanol–water partition coefficient (Wildman–Crippen LogP) is 4.39. The SMILES string of the molecule is CC[N+](CC)(CC)CC(=O)Oc1cc(OC)cc(OC)c1C(=O)/C=C/c1ccc(OC)cc1. The Labute approximate surface area is 196 Å². The van der Waals surface area contributed by atoms with Crippen molar-refractivity contribution in [1.29, 1.82) is 0 Å². The summed E-state index contributed by atoms with van der Waals surface area (Å²) in [6.45, 7) is 8.77. The van der Waals surface area contributed by atoms with Gasteiger partial charge in [-0.2, -0.15) is 0 Å². The molecule has 178 valence electrons. The van der Waals surface area contributed by atoms with Crippen LogP contribution < -0.4 is 18.9 Å². The Morgan fingerprint density at radius 3 is 1.91 bits per heavy atom. The van der Waals surface area contributed by atoms with E-state index in [2.05, 4.69) is 0 Å². The van der Waals surface area contributed by atoms with Crippen LogP contribution in [0.1, 0.15) is 36.7 Å². The fraction of sp³-hybridized carbons (Fsp3) is 0.385. The second-order valence-corrected chi connectivity index (χ2v) is 7.60. The Bertz CT molecular complexity index is 969. The van der Waals surface area contributed by atoms with Crippen LogP contribution >= 0.6 is 0 Å². The Hall–Kier alpha value is -3.32. The number of allylic oxidation sites excluding steroid dienone is 1. The van der Waals surface area contributed by atoms with E-state index < -0.39 is 5.97 Å². The monoisotopic (exact) mass is 456 g/mol. The number of ether oxygens (including phenoxy) is 4. The first-order valence-electron chi connectivity index (χ1n) is 11.0. The van der Waals surface area contributed by atoms with Gasteiger partial charge in [0.2, 0.25) is 0 Å². The fourth-order valence-electron chi connectivity index (χ4n) is 3.57. The van der Waals surface area contributed by atoms with Crippen LogP contribution in [0.15, 0.2) is 42.5 Å². The van der Waals surface area contributed by atoms with Gasteiger partial charge in [-0.3, -0.25) is 4.79 Å². The van der Waals surface area contributed by atoms with Crippen molar-refractivity contribution in [2.75, 3.05) is 47.5 Å². The number of carbonyl (C=O) groups is 2. The minimum absolute atomic E-state index is 0.113. The summed E-state index contributed by atoms with van der Waals surface area (Å²) in [5.41, 5.74) is 0.991. The predicted molar refractivity (Wildman–Crippen MR) is 128 cm³/mol. The van der Waals surface area contributed by atoms with E-state index in [4.69, 9.17) is 18.9 Å². The third-order valence-corrected chi connectivity index (χ3v) is 5.99. The molecule has 0 amide bonds. The lowest BCUT2D eigenvalue weighted by atomic mass is 10.1. The third-order valence-electron chi connectivity index (χ3n) is 5.99. The van der Waals surface area contributed by atoms with E-state index in [1.54, 1.807) is 19.3 Å².